The van der Waals surface area contributed by atoms with Gasteiger partial charge in [0.25, 0.3) is 5.56 Å². The van der Waals surface area contributed by atoms with E-state index in [1.165, 1.54) is 0 Å². The summed E-state index contributed by atoms with van der Waals surface area (Å²) in [5.74, 6) is -0.199. The highest BCUT2D eigenvalue weighted by Crippen LogP contribution is 2.13. The Labute approximate surface area is 118 Å². The molecule has 0 aliphatic rings. The Balaban J connectivity index is 2.61. The largest absolute Gasteiger partial charge is 0.313 e. The molecule has 0 saturated carbocycles. The van der Waals surface area contributed by atoms with Crippen LogP contribution in [-0.2, 0) is 6.54 Å². The van der Waals surface area contributed by atoms with E-state index in [4.69, 9.17) is 0 Å². The van der Waals surface area contributed by atoms with Gasteiger partial charge in [-0.15, -0.1) is 0 Å². The maximum Gasteiger partial charge on any atom is 0.262 e. The predicted octanol–water partition coefficient (Wildman–Crippen LogP) is 3.02. The van der Waals surface area contributed by atoms with Crippen LogP contribution in [0.4, 0.5) is 0 Å². The number of carbonyl (C=O) groups excluding carboxylic acids is 1. The highest BCUT2D eigenvalue weighted by Gasteiger charge is 2.18. The van der Waals surface area contributed by atoms with Crippen LogP contribution >= 0.6 is 0 Å². The lowest BCUT2D eigenvalue weighted by Gasteiger charge is -2.12. The molecule has 2 rings (SSSR count). The van der Waals surface area contributed by atoms with E-state index >= 15 is 0 Å². The molecule has 3 heteroatoms. The Hall–Kier alpha value is -2.16. The van der Waals surface area contributed by atoms with Gasteiger partial charge in [-0.25, -0.2) is 0 Å². The molecule has 0 bridgehead atoms. The maximum atomic E-state index is 12.6. The molecular weight excluding hydrogens is 250 g/mol. The summed E-state index contributed by atoms with van der Waals surface area (Å²) in [6.45, 7) is 8.15. The topological polar surface area (TPSA) is 39.1 Å². The van der Waals surface area contributed by atoms with E-state index in [2.05, 4.69) is 0 Å². The molecule has 0 amide bonds. The lowest BCUT2D eigenvalue weighted by atomic mass is 9.99. The molecule has 0 atom stereocenters. The van der Waals surface area contributed by atoms with Crippen LogP contribution in [-0.4, -0.2) is 10.4 Å². The second kappa shape index (κ2) is 5.45. The number of hydrogen-bond acceptors (Lipinski definition) is 2. The van der Waals surface area contributed by atoms with Gasteiger partial charge in [-0.3, -0.25) is 9.59 Å². The Morgan fingerprint density at radius 2 is 1.70 bits per heavy atom. The van der Waals surface area contributed by atoms with Gasteiger partial charge in [0, 0.05) is 17.8 Å². The molecule has 0 radical (unpaired) electrons. The number of carbonyl (C=O) groups is 1. The predicted molar refractivity (Wildman–Crippen MR) is 80.5 cm³/mol. The number of pyridine rings is 1. The van der Waals surface area contributed by atoms with Crippen molar-refractivity contribution in [2.75, 3.05) is 0 Å². The van der Waals surface area contributed by atoms with Crippen LogP contribution < -0.4 is 5.56 Å². The van der Waals surface area contributed by atoms with Gasteiger partial charge in [0.05, 0.1) is 5.56 Å². The third-order valence-corrected chi connectivity index (χ3v) is 3.56. The summed E-state index contributed by atoms with van der Waals surface area (Å²) in [6, 6.07) is 9.20. The van der Waals surface area contributed by atoms with Crippen LogP contribution in [0.15, 0.2) is 35.1 Å². The van der Waals surface area contributed by atoms with Crippen LogP contribution in [0.5, 0.6) is 0 Å². The molecule has 1 heterocycles. The molecule has 0 N–H and O–H groups in total. The molecule has 0 unspecified atom stereocenters. The smallest absolute Gasteiger partial charge is 0.262 e. The van der Waals surface area contributed by atoms with Crippen molar-refractivity contribution in [1.29, 1.82) is 0 Å². The van der Waals surface area contributed by atoms with Crippen molar-refractivity contribution in [3.05, 3.63) is 68.6 Å². The molecule has 0 aliphatic heterocycles. The van der Waals surface area contributed by atoms with E-state index < -0.39 is 0 Å². The summed E-state index contributed by atoms with van der Waals surface area (Å²) in [4.78, 5) is 25.0. The Morgan fingerprint density at radius 3 is 2.25 bits per heavy atom. The number of aryl methyl sites for hydroxylation is 3. The van der Waals surface area contributed by atoms with E-state index in [1.54, 1.807) is 16.7 Å². The number of ketones is 1. The second-order valence-corrected chi connectivity index (χ2v) is 5.09. The minimum absolute atomic E-state index is 0.199. The van der Waals surface area contributed by atoms with E-state index in [0.29, 0.717) is 12.1 Å². The summed E-state index contributed by atoms with van der Waals surface area (Å²) in [5.41, 5.74) is 3.35. The molecule has 20 heavy (non-hydrogen) atoms. The molecule has 0 aliphatic carbocycles. The van der Waals surface area contributed by atoms with Gasteiger partial charge in [-0.05, 0) is 39.3 Å². The van der Waals surface area contributed by atoms with Crippen LogP contribution in [0.3, 0.4) is 0 Å². The first-order valence-electron chi connectivity index (χ1n) is 6.78. The Bertz CT molecular complexity index is 709. The number of hydrogen-bond donors (Lipinski definition) is 0. The summed E-state index contributed by atoms with van der Waals surface area (Å²) < 4.78 is 1.63. The van der Waals surface area contributed by atoms with Crippen LogP contribution in [0.1, 0.15) is 39.7 Å². The quantitative estimate of drug-likeness (QED) is 0.803. The third-order valence-electron chi connectivity index (χ3n) is 3.56. The van der Waals surface area contributed by atoms with Gasteiger partial charge in [0.15, 0.2) is 5.78 Å². The first-order valence-corrected chi connectivity index (χ1v) is 6.78. The molecule has 2 aromatic rings. The van der Waals surface area contributed by atoms with Crippen molar-refractivity contribution in [2.24, 2.45) is 0 Å². The summed E-state index contributed by atoms with van der Waals surface area (Å²) in [5, 5.41) is 0. The van der Waals surface area contributed by atoms with Crippen molar-refractivity contribution in [3.8, 4) is 0 Å². The fourth-order valence-corrected chi connectivity index (χ4v) is 2.45. The fraction of sp³-hybridized carbons (Fsp3) is 0.294. The average molecular weight is 269 g/mol. The molecule has 1 aromatic carbocycles. The first-order chi connectivity index (χ1) is 9.45. The summed E-state index contributed by atoms with van der Waals surface area (Å²) in [6.07, 6.45) is 0. The Kier molecular flexibility index (Phi) is 3.89. The first kappa shape index (κ1) is 14.3. The minimum Gasteiger partial charge on any atom is -0.313 e. The lowest BCUT2D eigenvalue weighted by molar-refractivity contribution is 0.103. The minimum atomic E-state index is -0.199. The van der Waals surface area contributed by atoms with E-state index in [0.717, 1.165) is 16.8 Å². The van der Waals surface area contributed by atoms with Gasteiger partial charge in [0.1, 0.15) is 0 Å². The van der Waals surface area contributed by atoms with Gasteiger partial charge >= 0.3 is 0 Å². The molecule has 0 spiro atoms. The van der Waals surface area contributed by atoms with E-state index in [9.17, 15) is 9.59 Å². The Morgan fingerprint density at radius 1 is 1.10 bits per heavy atom. The highest BCUT2D eigenvalue weighted by atomic mass is 16.1. The van der Waals surface area contributed by atoms with Gasteiger partial charge in [-0.2, -0.15) is 0 Å². The van der Waals surface area contributed by atoms with E-state index in [1.807, 2.05) is 45.9 Å². The fourth-order valence-electron chi connectivity index (χ4n) is 2.45. The van der Waals surface area contributed by atoms with Crippen molar-refractivity contribution < 1.29 is 4.79 Å². The zero-order chi connectivity index (χ0) is 14.9. The molecule has 3 nitrogen and oxygen atoms in total. The van der Waals surface area contributed by atoms with Gasteiger partial charge < -0.3 is 4.57 Å². The highest BCUT2D eigenvalue weighted by molar-refractivity contribution is 6.09. The number of rotatable bonds is 3. The molecule has 0 fully saturated rings. The third kappa shape index (κ3) is 2.44. The average Bonchev–Trinajstić information content (AvgIpc) is 2.39. The van der Waals surface area contributed by atoms with Crippen molar-refractivity contribution >= 4 is 5.78 Å². The van der Waals surface area contributed by atoms with Crippen molar-refractivity contribution in [1.82, 2.24) is 4.57 Å². The van der Waals surface area contributed by atoms with Gasteiger partial charge in [0.2, 0.25) is 0 Å². The molecule has 1 aromatic heterocycles. The number of benzene rings is 1. The van der Waals surface area contributed by atoms with Crippen LogP contribution in [0, 0.1) is 20.8 Å². The normalized spacial score (nSPS) is 10.6. The molecule has 104 valence electrons. The van der Waals surface area contributed by atoms with Crippen LogP contribution in [0.25, 0.3) is 0 Å². The van der Waals surface area contributed by atoms with Crippen molar-refractivity contribution in [3.63, 3.8) is 0 Å². The maximum absolute atomic E-state index is 12.6. The zero-order valence-corrected chi connectivity index (χ0v) is 12.4. The number of aromatic nitrogens is 1. The van der Waals surface area contributed by atoms with Crippen molar-refractivity contribution in [2.45, 2.75) is 34.2 Å². The summed E-state index contributed by atoms with van der Waals surface area (Å²) in [7, 11) is 0. The second-order valence-electron chi connectivity index (χ2n) is 5.09. The standard InChI is InChI=1S/C17H19NO2/c1-5-18-13(4)10-12(3)15(17(18)20)16(19)14-8-6-11(2)7-9-14/h6-10H,5H2,1-4H3. The SMILES string of the molecule is CCn1c(C)cc(C)c(C(=O)c2ccc(C)cc2)c1=O. The molecular formula is C17H19NO2. The van der Waals surface area contributed by atoms with Gasteiger partial charge in [-0.1, -0.05) is 29.8 Å². The van der Waals surface area contributed by atoms with Crippen LogP contribution in [0.2, 0.25) is 0 Å². The zero-order valence-electron chi connectivity index (χ0n) is 12.4. The number of nitrogens with zero attached hydrogens (tertiary/aromatic N) is 1. The summed E-state index contributed by atoms with van der Waals surface area (Å²) >= 11 is 0. The van der Waals surface area contributed by atoms with E-state index in [-0.39, 0.29) is 16.9 Å². The monoisotopic (exact) mass is 269 g/mol. The lowest BCUT2D eigenvalue weighted by Crippen LogP contribution is -2.29. The molecule has 0 saturated heterocycles.